The van der Waals surface area contributed by atoms with Crippen LogP contribution in [0.2, 0.25) is 5.02 Å². The number of anilines is 2. The molecule has 0 bridgehead atoms. The first kappa shape index (κ1) is 17.1. The average molecular weight is 383 g/mol. The Morgan fingerprint density at radius 2 is 2.15 bits per heavy atom. The van der Waals surface area contributed by atoms with E-state index < -0.39 is 0 Å². The summed E-state index contributed by atoms with van der Waals surface area (Å²) < 4.78 is 6.95. The van der Waals surface area contributed by atoms with Gasteiger partial charge in [0, 0.05) is 16.9 Å². The van der Waals surface area contributed by atoms with E-state index in [1.165, 1.54) is 6.20 Å². The number of amides is 2. The number of halogens is 1. The van der Waals surface area contributed by atoms with E-state index in [9.17, 15) is 9.59 Å². The normalized spacial score (nSPS) is 12.7. The summed E-state index contributed by atoms with van der Waals surface area (Å²) in [6, 6.07) is 12.5. The van der Waals surface area contributed by atoms with Crippen molar-refractivity contribution >= 4 is 34.8 Å². The topological polar surface area (TPSA) is 85.2 Å². The first-order valence-corrected chi connectivity index (χ1v) is 8.60. The molecule has 1 aliphatic heterocycles. The third-order valence-corrected chi connectivity index (χ3v) is 4.42. The summed E-state index contributed by atoms with van der Waals surface area (Å²) in [5.74, 6) is 0.0374. The zero-order valence-corrected chi connectivity index (χ0v) is 14.9. The molecule has 0 atom stereocenters. The first-order valence-electron chi connectivity index (χ1n) is 8.22. The average Bonchev–Trinajstić information content (AvgIpc) is 3.12. The van der Waals surface area contributed by atoms with Crippen molar-refractivity contribution in [2.24, 2.45) is 0 Å². The molecule has 0 aliphatic carbocycles. The van der Waals surface area contributed by atoms with Crippen LogP contribution >= 0.6 is 11.6 Å². The SMILES string of the molecule is O=C1COc2ccc(NC(=O)c3cnn(Cc4ccccc4Cl)c3)cc2N1. The fourth-order valence-corrected chi connectivity index (χ4v) is 2.93. The lowest BCUT2D eigenvalue weighted by Crippen LogP contribution is -2.25. The van der Waals surface area contributed by atoms with E-state index >= 15 is 0 Å². The molecule has 0 saturated carbocycles. The number of nitrogens with one attached hydrogen (secondary N) is 2. The maximum atomic E-state index is 12.5. The van der Waals surface area contributed by atoms with Gasteiger partial charge in [-0.15, -0.1) is 0 Å². The molecule has 2 aromatic carbocycles. The molecule has 2 heterocycles. The van der Waals surface area contributed by atoms with Gasteiger partial charge in [0.2, 0.25) is 0 Å². The van der Waals surface area contributed by atoms with Gasteiger partial charge in [-0.2, -0.15) is 5.10 Å². The molecule has 0 radical (unpaired) electrons. The molecule has 2 N–H and O–H groups in total. The van der Waals surface area contributed by atoms with Crippen molar-refractivity contribution in [3.05, 3.63) is 71.0 Å². The van der Waals surface area contributed by atoms with Crippen LogP contribution in [0.5, 0.6) is 5.75 Å². The lowest BCUT2D eigenvalue weighted by molar-refractivity contribution is -0.118. The molecule has 1 aromatic heterocycles. The number of fused-ring (bicyclic) bond motifs is 1. The molecule has 0 unspecified atom stereocenters. The fraction of sp³-hybridized carbons (Fsp3) is 0.105. The summed E-state index contributed by atoms with van der Waals surface area (Å²) in [5, 5.41) is 10.4. The van der Waals surface area contributed by atoms with Crippen molar-refractivity contribution in [2.45, 2.75) is 6.54 Å². The van der Waals surface area contributed by atoms with E-state index in [4.69, 9.17) is 16.3 Å². The first-order chi connectivity index (χ1) is 13.1. The van der Waals surface area contributed by atoms with Gasteiger partial charge in [0.15, 0.2) is 6.61 Å². The monoisotopic (exact) mass is 382 g/mol. The van der Waals surface area contributed by atoms with Crippen molar-refractivity contribution in [3.8, 4) is 5.75 Å². The lowest BCUT2D eigenvalue weighted by Gasteiger charge is -2.18. The molecule has 2 amide bonds. The summed E-state index contributed by atoms with van der Waals surface area (Å²) in [6.07, 6.45) is 3.15. The van der Waals surface area contributed by atoms with E-state index in [1.54, 1.807) is 29.1 Å². The summed E-state index contributed by atoms with van der Waals surface area (Å²) >= 11 is 6.16. The van der Waals surface area contributed by atoms with Crippen molar-refractivity contribution in [1.29, 1.82) is 0 Å². The molecular weight excluding hydrogens is 368 g/mol. The predicted molar refractivity (Wildman–Crippen MR) is 101 cm³/mol. The lowest BCUT2D eigenvalue weighted by atomic mass is 10.2. The number of nitrogens with zero attached hydrogens (tertiary/aromatic N) is 2. The zero-order valence-electron chi connectivity index (χ0n) is 14.1. The van der Waals surface area contributed by atoms with E-state index in [0.717, 1.165) is 5.56 Å². The van der Waals surface area contributed by atoms with Crippen LogP contribution in [0.25, 0.3) is 0 Å². The van der Waals surface area contributed by atoms with Crippen LogP contribution < -0.4 is 15.4 Å². The van der Waals surface area contributed by atoms with E-state index in [2.05, 4.69) is 15.7 Å². The molecular formula is C19H15ClN4O3. The minimum absolute atomic E-state index is 0.0106. The number of aromatic nitrogens is 2. The van der Waals surface area contributed by atoms with Crippen LogP contribution in [0.3, 0.4) is 0 Å². The molecule has 8 heteroatoms. The highest BCUT2D eigenvalue weighted by Crippen LogP contribution is 2.30. The number of ether oxygens (including phenoxy) is 1. The number of benzene rings is 2. The smallest absolute Gasteiger partial charge is 0.262 e. The second-order valence-electron chi connectivity index (χ2n) is 6.02. The Labute approximate surface area is 159 Å². The van der Waals surface area contributed by atoms with Crippen LogP contribution in [0, 0.1) is 0 Å². The predicted octanol–water partition coefficient (Wildman–Crippen LogP) is 3.17. The maximum absolute atomic E-state index is 12.5. The van der Waals surface area contributed by atoms with Gasteiger partial charge in [0.05, 0.1) is 24.0 Å². The van der Waals surface area contributed by atoms with Gasteiger partial charge in [-0.05, 0) is 29.8 Å². The second kappa shape index (κ2) is 7.13. The third-order valence-electron chi connectivity index (χ3n) is 4.06. The van der Waals surface area contributed by atoms with Crippen molar-refractivity contribution < 1.29 is 14.3 Å². The standard InChI is InChI=1S/C19H15ClN4O3/c20-15-4-2-1-3-12(15)9-24-10-13(8-21-24)19(26)22-14-5-6-17-16(7-14)23-18(25)11-27-17/h1-8,10H,9,11H2,(H,22,26)(H,23,25). The molecule has 0 fully saturated rings. The fourth-order valence-electron chi connectivity index (χ4n) is 2.73. The van der Waals surface area contributed by atoms with Crippen LogP contribution in [-0.2, 0) is 11.3 Å². The van der Waals surface area contributed by atoms with E-state index in [1.807, 2.05) is 24.3 Å². The van der Waals surface area contributed by atoms with Crippen LogP contribution in [0.15, 0.2) is 54.9 Å². The van der Waals surface area contributed by atoms with Gasteiger partial charge in [0.25, 0.3) is 11.8 Å². The van der Waals surface area contributed by atoms with Gasteiger partial charge in [-0.3, -0.25) is 14.3 Å². The highest BCUT2D eigenvalue weighted by atomic mass is 35.5. The molecule has 136 valence electrons. The third kappa shape index (κ3) is 3.78. The highest BCUT2D eigenvalue weighted by Gasteiger charge is 2.17. The summed E-state index contributed by atoms with van der Waals surface area (Å²) in [5.41, 5.74) is 2.40. The van der Waals surface area contributed by atoms with Crippen LogP contribution in [0.1, 0.15) is 15.9 Å². The van der Waals surface area contributed by atoms with Crippen molar-refractivity contribution in [1.82, 2.24) is 9.78 Å². The van der Waals surface area contributed by atoms with Gasteiger partial charge >= 0.3 is 0 Å². The molecule has 1 aliphatic rings. The molecule has 0 spiro atoms. The Morgan fingerprint density at radius 1 is 1.30 bits per heavy atom. The second-order valence-corrected chi connectivity index (χ2v) is 6.43. The maximum Gasteiger partial charge on any atom is 0.262 e. The van der Waals surface area contributed by atoms with Gasteiger partial charge in [-0.1, -0.05) is 29.8 Å². The molecule has 27 heavy (non-hydrogen) atoms. The van der Waals surface area contributed by atoms with Crippen LogP contribution in [0.4, 0.5) is 11.4 Å². The van der Waals surface area contributed by atoms with E-state index in [-0.39, 0.29) is 18.4 Å². The van der Waals surface area contributed by atoms with Crippen LogP contribution in [-0.4, -0.2) is 28.2 Å². The summed E-state index contributed by atoms with van der Waals surface area (Å²) in [4.78, 5) is 23.9. The molecule has 4 rings (SSSR count). The zero-order chi connectivity index (χ0) is 18.8. The van der Waals surface area contributed by atoms with Gasteiger partial charge in [-0.25, -0.2) is 0 Å². The molecule has 0 saturated heterocycles. The highest BCUT2D eigenvalue weighted by molar-refractivity contribution is 6.31. The number of rotatable bonds is 4. The molecule has 3 aromatic rings. The minimum atomic E-state index is -0.302. The minimum Gasteiger partial charge on any atom is -0.482 e. The molecule has 7 nitrogen and oxygen atoms in total. The van der Waals surface area contributed by atoms with Gasteiger partial charge < -0.3 is 15.4 Å². The Bertz CT molecular complexity index is 1030. The Hall–Kier alpha value is -3.32. The number of hydrogen-bond donors (Lipinski definition) is 2. The Balaban J connectivity index is 1.46. The summed E-state index contributed by atoms with van der Waals surface area (Å²) in [7, 11) is 0. The van der Waals surface area contributed by atoms with Gasteiger partial charge in [0.1, 0.15) is 5.75 Å². The van der Waals surface area contributed by atoms with Crippen molar-refractivity contribution in [3.63, 3.8) is 0 Å². The number of hydrogen-bond acceptors (Lipinski definition) is 4. The Kier molecular flexibility index (Phi) is 4.52. The van der Waals surface area contributed by atoms with E-state index in [0.29, 0.717) is 34.3 Å². The Morgan fingerprint density at radius 3 is 3.00 bits per heavy atom. The van der Waals surface area contributed by atoms with Crippen molar-refractivity contribution in [2.75, 3.05) is 17.2 Å². The largest absolute Gasteiger partial charge is 0.482 e. The summed E-state index contributed by atoms with van der Waals surface area (Å²) in [6.45, 7) is 0.457. The quantitative estimate of drug-likeness (QED) is 0.725. The number of carbonyl (C=O) groups is 2. The number of carbonyl (C=O) groups excluding carboxylic acids is 2.